The predicted molar refractivity (Wildman–Crippen MR) is 144 cm³/mol. The van der Waals surface area contributed by atoms with Crippen LogP contribution in [0.1, 0.15) is 86.0 Å². The summed E-state index contributed by atoms with van der Waals surface area (Å²) in [6.45, 7) is 13.6. The second-order valence-electron chi connectivity index (χ2n) is 10.9. The van der Waals surface area contributed by atoms with E-state index in [9.17, 15) is 14.0 Å². The van der Waals surface area contributed by atoms with Crippen molar-refractivity contribution in [3.63, 3.8) is 0 Å². The van der Waals surface area contributed by atoms with Gasteiger partial charge in [-0.15, -0.1) is 0 Å². The first-order valence-corrected chi connectivity index (χ1v) is 14.1. The molecule has 1 unspecified atom stereocenters. The molecule has 2 fully saturated rings. The SMILES string of the molecule is CC(C)CCCCC(NC1(C#N)CC1)OSN1CCN(C/C=C(/F)CC(C)(C)C#N)CC1.CCCF. The summed E-state index contributed by atoms with van der Waals surface area (Å²) in [6, 6.07) is 4.54. The summed E-state index contributed by atoms with van der Waals surface area (Å²) in [5.74, 6) is 0.498. The van der Waals surface area contributed by atoms with Gasteiger partial charge in [0, 0.05) is 39.1 Å². The second kappa shape index (κ2) is 17.3. The first-order chi connectivity index (χ1) is 17.1. The number of nitrogens with zero attached hydrogens (tertiary/aromatic N) is 4. The molecule has 1 saturated carbocycles. The van der Waals surface area contributed by atoms with Crippen molar-refractivity contribution >= 4 is 12.2 Å². The smallest absolute Gasteiger partial charge is 0.125 e. The molecule has 6 nitrogen and oxygen atoms in total. The van der Waals surface area contributed by atoms with Crippen molar-refractivity contribution in [2.24, 2.45) is 11.3 Å². The lowest BCUT2D eigenvalue weighted by Gasteiger charge is -2.33. The number of unbranched alkanes of at least 4 members (excludes halogenated alkanes) is 1. The van der Waals surface area contributed by atoms with Gasteiger partial charge in [0.25, 0.3) is 0 Å². The minimum atomic E-state index is -0.669. The van der Waals surface area contributed by atoms with Gasteiger partial charge in [-0.05, 0) is 57.9 Å². The Morgan fingerprint density at radius 3 is 2.28 bits per heavy atom. The summed E-state index contributed by atoms with van der Waals surface area (Å²) in [7, 11) is 0. The predicted octanol–water partition coefficient (Wildman–Crippen LogP) is 6.53. The third-order valence-corrected chi connectivity index (χ3v) is 7.06. The lowest BCUT2D eigenvalue weighted by molar-refractivity contribution is 0.147. The lowest BCUT2D eigenvalue weighted by Crippen LogP contribution is -2.45. The Kier molecular flexibility index (Phi) is 15.8. The van der Waals surface area contributed by atoms with Crippen molar-refractivity contribution in [2.45, 2.75) is 97.8 Å². The zero-order chi connectivity index (χ0) is 27.0. The molecule has 0 bridgehead atoms. The molecule has 36 heavy (non-hydrogen) atoms. The Bertz CT molecular complexity index is 721. The van der Waals surface area contributed by atoms with Crippen LogP contribution < -0.4 is 5.32 Å². The Morgan fingerprint density at radius 1 is 1.17 bits per heavy atom. The molecule has 0 spiro atoms. The molecule has 0 aromatic rings. The molecule has 2 rings (SSSR count). The molecule has 1 aliphatic heterocycles. The number of allylic oxidation sites excluding steroid dienone is 1. The number of rotatable bonds is 15. The number of alkyl halides is 1. The largest absolute Gasteiger partial charge is 0.297 e. The summed E-state index contributed by atoms with van der Waals surface area (Å²) < 4.78 is 33.1. The molecule has 1 atom stereocenters. The van der Waals surface area contributed by atoms with E-state index < -0.39 is 11.0 Å². The average Bonchev–Trinajstić information content (AvgIpc) is 3.64. The maximum Gasteiger partial charge on any atom is 0.125 e. The van der Waals surface area contributed by atoms with Gasteiger partial charge in [0.05, 0.1) is 42.3 Å². The number of nitrogens with one attached hydrogen (secondary N) is 1. The molecule has 9 heteroatoms. The number of halogens is 2. The highest BCUT2D eigenvalue weighted by Gasteiger charge is 2.44. The molecule has 1 heterocycles. The van der Waals surface area contributed by atoms with Crippen LogP contribution >= 0.6 is 12.2 Å². The van der Waals surface area contributed by atoms with Crippen LogP contribution in [0.2, 0.25) is 0 Å². The Labute approximate surface area is 222 Å². The third-order valence-electron chi connectivity index (χ3n) is 6.17. The number of hydrogen-bond donors (Lipinski definition) is 1. The Balaban J connectivity index is 0.00000150. The summed E-state index contributed by atoms with van der Waals surface area (Å²) >= 11 is 1.40. The zero-order valence-corrected chi connectivity index (χ0v) is 23.8. The van der Waals surface area contributed by atoms with Crippen LogP contribution in [-0.2, 0) is 4.18 Å². The maximum atomic E-state index is 14.1. The highest BCUT2D eigenvalue weighted by molar-refractivity contribution is 7.92. The number of hydrogen-bond acceptors (Lipinski definition) is 7. The fourth-order valence-corrected chi connectivity index (χ4v) is 4.29. The van der Waals surface area contributed by atoms with Crippen LogP contribution in [0.5, 0.6) is 0 Å². The minimum absolute atomic E-state index is 0.118. The van der Waals surface area contributed by atoms with E-state index in [1.54, 1.807) is 26.8 Å². The van der Waals surface area contributed by atoms with E-state index in [-0.39, 0.29) is 25.2 Å². The summed E-state index contributed by atoms with van der Waals surface area (Å²) in [5, 5.41) is 21.9. The van der Waals surface area contributed by atoms with E-state index in [1.807, 2.05) is 0 Å². The first kappa shape index (κ1) is 32.8. The molecule has 0 radical (unpaired) electrons. The molecule has 206 valence electrons. The molecule has 1 N–H and O–H groups in total. The minimum Gasteiger partial charge on any atom is -0.297 e. The Hall–Kier alpha value is -1.23. The van der Waals surface area contributed by atoms with Crippen LogP contribution in [0, 0.1) is 34.0 Å². The average molecular weight is 528 g/mol. The summed E-state index contributed by atoms with van der Waals surface area (Å²) in [6.07, 6.45) is 8.48. The van der Waals surface area contributed by atoms with Crippen molar-refractivity contribution in [3.05, 3.63) is 11.9 Å². The molecule has 0 aromatic heterocycles. The molecule has 1 aliphatic carbocycles. The third kappa shape index (κ3) is 14.5. The second-order valence-corrected chi connectivity index (χ2v) is 11.8. The van der Waals surface area contributed by atoms with Crippen molar-refractivity contribution in [2.75, 3.05) is 39.4 Å². The van der Waals surface area contributed by atoms with Crippen molar-refractivity contribution in [1.82, 2.24) is 14.5 Å². The van der Waals surface area contributed by atoms with Gasteiger partial charge in [0.2, 0.25) is 0 Å². The molecular weight excluding hydrogens is 480 g/mol. The van der Waals surface area contributed by atoms with Gasteiger partial charge in [-0.3, -0.25) is 18.8 Å². The van der Waals surface area contributed by atoms with E-state index in [2.05, 4.69) is 40.5 Å². The van der Waals surface area contributed by atoms with Crippen LogP contribution in [0.3, 0.4) is 0 Å². The van der Waals surface area contributed by atoms with Crippen LogP contribution in [0.4, 0.5) is 8.78 Å². The Morgan fingerprint density at radius 2 is 1.78 bits per heavy atom. The van der Waals surface area contributed by atoms with Gasteiger partial charge in [-0.2, -0.15) is 10.5 Å². The molecule has 0 amide bonds. The fourth-order valence-electron chi connectivity index (χ4n) is 3.61. The number of piperazine rings is 1. The van der Waals surface area contributed by atoms with Gasteiger partial charge in [-0.1, -0.05) is 33.6 Å². The van der Waals surface area contributed by atoms with Gasteiger partial charge >= 0.3 is 0 Å². The lowest BCUT2D eigenvalue weighted by atomic mass is 9.91. The highest BCUT2D eigenvalue weighted by Crippen LogP contribution is 2.36. The van der Waals surface area contributed by atoms with E-state index in [4.69, 9.17) is 9.44 Å². The summed E-state index contributed by atoms with van der Waals surface area (Å²) in [4.78, 5) is 2.21. The monoisotopic (exact) mass is 527 g/mol. The quantitative estimate of drug-likeness (QED) is 0.112. The first-order valence-electron chi connectivity index (χ1n) is 13.4. The normalized spacial score (nSPS) is 19.2. The van der Waals surface area contributed by atoms with Crippen molar-refractivity contribution in [1.29, 1.82) is 10.5 Å². The van der Waals surface area contributed by atoms with Gasteiger partial charge < -0.3 is 0 Å². The molecule has 2 aliphatic rings. The van der Waals surface area contributed by atoms with E-state index in [0.29, 0.717) is 18.9 Å². The maximum absolute atomic E-state index is 14.1. The van der Waals surface area contributed by atoms with E-state index in [1.165, 1.54) is 25.1 Å². The topological polar surface area (TPSA) is 75.3 Å². The molecule has 0 aromatic carbocycles. The van der Waals surface area contributed by atoms with Crippen molar-refractivity contribution in [3.8, 4) is 12.1 Å². The zero-order valence-electron chi connectivity index (χ0n) is 23.0. The summed E-state index contributed by atoms with van der Waals surface area (Å²) in [5.41, 5.74) is -1.06. The van der Waals surface area contributed by atoms with E-state index in [0.717, 1.165) is 51.9 Å². The van der Waals surface area contributed by atoms with Crippen LogP contribution in [0.15, 0.2) is 11.9 Å². The van der Waals surface area contributed by atoms with Gasteiger partial charge in [0.1, 0.15) is 11.8 Å². The fraction of sp³-hybridized carbons (Fsp3) is 0.852. The van der Waals surface area contributed by atoms with Gasteiger partial charge in [-0.25, -0.2) is 8.70 Å². The highest BCUT2D eigenvalue weighted by atomic mass is 32.2. The van der Waals surface area contributed by atoms with Crippen LogP contribution in [0.25, 0.3) is 0 Å². The van der Waals surface area contributed by atoms with Gasteiger partial charge in [0.15, 0.2) is 0 Å². The number of nitriles is 2. The standard InChI is InChI=1S/C24H40FN5OS.C3H7F/c1-20(2)7-5-6-8-22(28-24(19-27)10-11-24)31-32-30-15-13-29(14-16-30)12-9-21(25)17-23(3,4)18-26;1-2-3-4/h9,20,22,28H,5-8,10-17H2,1-4H3;2-3H2,1H3/b21-9+;. The van der Waals surface area contributed by atoms with Crippen molar-refractivity contribution < 1.29 is 13.0 Å². The molecular formula is C27H47F2N5OS. The van der Waals surface area contributed by atoms with Crippen LogP contribution in [-0.4, -0.2) is 60.4 Å². The van der Waals surface area contributed by atoms with E-state index >= 15 is 0 Å². The molecule has 1 saturated heterocycles.